The van der Waals surface area contributed by atoms with Gasteiger partial charge in [0.05, 0.1) is 17.6 Å². The van der Waals surface area contributed by atoms with E-state index in [0.717, 1.165) is 35.2 Å². The van der Waals surface area contributed by atoms with Crippen LogP contribution in [0.5, 0.6) is 0 Å². The highest BCUT2D eigenvalue weighted by Gasteiger charge is 2.25. The van der Waals surface area contributed by atoms with Crippen molar-refractivity contribution in [3.8, 4) is 5.69 Å². The van der Waals surface area contributed by atoms with Gasteiger partial charge in [-0.05, 0) is 43.3 Å². The van der Waals surface area contributed by atoms with Crippen molar-refractivity contribution in [1.29, 1.82) is 0 Å². The Hall–Kier alpha value is -2.86. The number of halogens is 1. The van der Waals surface area contributed by atoms with E-state index < -0.39 is 0 Å². The summed E-state index contributed by atoms with van der Waals surface area (Å²) in [6.07, 6.45) is 3.41. The minimum absolute atomic E-state index is 0.00908. The molecule has 1 aromatic carbocycles. The molecule has 1 aliphatic rings. The van der Waals surface area contributed by atoms with Crippen LogP contribution < -0.4 is 4.90 Å². The number of amides is 1. The highest BCUT2D eigenvalue weighted by Crippen LogP contribution is 2.22. The molecule has 0 aliphatic carbocycles. The number of hydrogen-bond donors (Lipinski definition) is 0. The fourth-order valence-corrected chi connectivity index (χ4v) is 3.51. The summed E-state index contributed by atoms with van der Waals surface area (Å²) >= 11 is 6.10. The Morgan fingerprint density at radius 3 is 2.52 bits per heavy atom. The number of aromatic nitrogens is 3. The molecule has 0 atom stereocenters. The zero-order valence-corrected chi connectivity index (χ0v) is 15.8. The molecule has 1 amide bonds. The normalized spacial score (nSPS) is 14.4. The average molecular weight is 382 g/mol. The molecule has 4 rings (SSSR count). The van der Waals surface area contributed by atoms with Crippen molar-refractivity contribution in [3.63, 3.8) is 0 Å². The van der Waals surface area contributed by atoms with Crippen molar-refractivity contribution in [1.82, 2.24) is 19.7 Å². The number of hydrogen-bond acceptors (Lipinski definition) is 4. The smallest absolute Gasteiger partial charge is 0.272 e. The molecule has 1 fully saturated rings. The van der Waals surface area contributed by atoms with Crippen LogP contribution in [0.3, 0.4) is 0 Å². The summed E-state index contributed by atoms with van der Waals surface area (Å²) in [5.41, 5.74) is 3.24. The van der Waals surface area contributed by atoms with Gasteiger partial charge in [-0.2, -0.15) is 5.10 Å². The first-order chi connectivity index (χ1) is 13.1. The van der Waals surface area contributed by atoms with Gasteiger partial charge in [-0.25, -0.2) is 4.68 Å². The van der Waals surface area contributed by atoms with Gasteiger partial charge in [0.15, 0.2) is 0 Å². The van der Waals surface area contributed by atoms with E-state index in [1.165, 1.54) is 0 Å². The van der Waals surface area contributed by atoms with E-state index in [4.69, 9.17) is 11.6 Å². The van der Waals surface area contributed by atoms with E-state index in [1.54, 1.807) is 17.1 Å². The monoisotopic (exact) mass is 381 g/mol. The Morgan fingerprint density at radius 1 is 1.04 bits per heavy atom. The summed E-state index contributed by atoms with van der Waals surface area (Å²) in [6.45, 7) is 4.74. The van der Waals surface area contributed by atoms with Gasteiger partial charge in [0.2, 0.25) is 0 Å². The van der Waals surface area contributed by atoms with Gasteiger partial charge in [0.25, 0.3) is 5.91 Å². The van der Waals surface area contributed by atoms with Crippen molar-refractivity contribution in [2.24, 2.45) is 0 Å². The van der Waals surface area contributed by atoms with Gasteiger partial charge in [-0.3, -0.25) is 9.78 Å². The van der Waals surface area contributed by atoms with Crippen LogP contribution in [-0.4, -0.2) is 51.8 Å². The van der Waals surface area contributed by atoms with Gasteiger partial charge in [-0.1, -0.05) is 17.7 Å². The highest BCUT2D eigenvalue weighted by molar-refractivity contribution is 6.30. The first-order valence-electron chi connectivity index (χ1n) is 8.89. The second-order valence-corrected chi connectivity index (χ2v) is 6.99. The Bertz CT molecular complexity index is 948. The highest BCUT2D eigenvalue weighted by atomic mass is 35.5. The molecule has 0 saturated carbocycles. The minimum atomic E-state index is -0.00908. The van der Waals surface area contributed by atoms with Crippen LogP contribution >= 0.6 is 11.6 Å². The van der Waals surface area contributed by atoms with Crippen molar-refractivity contribution >= 4 is 23.2 Å². The lowest BCUT2D eigenvalue weighted by Crippen LogP contribution is -2.49. The molecule has 138 valence electrons. The first-order valence-corrected chi connectivity index (χ1v) is 9.26. The molecule has 3 heterocycles. The molecule has 0 N–H and O–H groups in total. The molecular weight excluding hydrogens is 362 g/mol. The zero-order chi connectivity index (χ0) is 18.8. The SMILES string of the molecule is Cc1cc(C(=O)N2CCN(c3cccc(Cl)c3)CC2)n(-c2cccnc2)n1. The molecule has 0 radical (unpaired) electrons. The van der Waals surface area contributed by atoms with Gasteiger partial charge < -0.3 is 9.80 Å². The lowest BCUT2D eigenvalue weighted by molar-refractivity contribution is 0.0737. The number of nitrogens with zero attached hydrogens (tertiary/aromatic N) is 5. The third-order valence-electron chi connectivity index (χ3n) is 4.68. The van der Waals surface area contributed by atoms with Gasteiger partial charge in [0.1, 0.15) is 5.69 Å². The van der Waals surface area contributed by atoms with Gasteiger partial charge in [0, 0.05) is 43.1 Å². The number of rotatable bonds is 3. The molecule has 7 heteroatoms. The van der Waals surface area contributed by atoms with E-state index in [0.29, 0.717) is 18.8 Å². The van der Waals surface area contributed by atoms with E-state index in [2.05, 4.69) is 15.0 Å². The molecular formula is C20H20ClN5O. The summed E-state index contributed by atoms with van der Waals surface area (Å²) in [5.74, 6) is -0.00908. The summed E-state index contributed by atoms with van der Waals surface area (Å²) in [7, 11) is 0. The zero-order valence-electron chi connectivity index (χ0n) is 15.0. The average Bonchev–Trinajstić information content (AvgIpc) is 3.10. The predicted molar refractivity (Wildman–Crippen MR) is 106 cm³/mol. The standard InChI is InChI=1S/C20H20ClN5O/c1-15-12-19(26(23-15)18-6-3-7-22-14-18)20(27)25-10-8-24(9-11-25)17-5-2-4-16(21)13-17/h2-7,12-14H,8-11H2,1H3. The summed E-state index contributed by atoms with van der Waals surface area (Å²) in [5, 5.41) is 5.20. The van der Waals surface area contributed by atoms with Crippen LogP contribution in [0.1, 0.15) is 16.2 Å². The molecule has 27 heavy (non-hydrogen) atoms. The number of aryl methyl sites for hydroxylation is 1. The van der Waals surface area contributed by atoms with E-state index in [1.807, 2.05) is 54.3 Å². The fraction of sp³-hybridized carbons (Fsp3) is 0.250. The van der Waals surface area contributed by atoms with Crippen LogP contribution in [0.2, 0.25) is 5.02 Å². The van der Waals surface area contributed by atoms with Crippen molar-refractivity contribution in [3.05, 3.63) is 71.3 Å². The van der Waals surface area contributed by atoms with Crippen LogP contribution in [-0.2, 0) is 0 Å². The largest absolute Gasteiger partial charge is 0.368 e. The number of piperazine rings is 1. The topological polar surface area (TPSA) is 54.3 Å². The van der Waals surface area contributed by atoms with E-state index in [9.17, 15) is 4.79 Å². The molecule has 6 nitrogen and oxygen atoms in total. The lowest BCUT2D eigenvalue weighted by Gasteiger charge is -2.36. The van der Waals surface area contributed by atoms with Crippen molar-refractivity contribution in [2.75, 3.05) is 31.1 Å². The summed E-state index contributed by atoms with van der Waals surface area (Å²) in [6, 6.07) is 13.4. The van der Waals surface area contributed by atoms with Gasteiger partial charge in [-0.15, -0.1) is 0 Å². The number of anilines is 1. The molecule has 0 bridgehead atoms. The lowest BCUT2D eigenvalue weighted by atomic mass is 10.2. The number of carbonyl (C=O) groups is 1. The molecule has 3 aromatic rings. The van der Waals surface area contributed by atoms with E-state index >= 15 is 0 Å². The quantitative estimate of drug-likeness (QED) is 0.699. The van der Waals surface area contributed by atoms with E-state index in [-0.39, 0.29) is 5.91 Å². The number of pyridine rings is 1. The molecule has 0 unspecified atom stereocenters. The molecule has 1 saturated heterocycles. The van der Waals surface area contributed by atoms with Crippen molar-refractivity contribution < 1.29 is 4.79 Å². The van der Waals surface area contributed by atoms with Crippen LogP contribution in [0.15, 0.2) is 54.9 Å². The summed E-state index contributed by atoms with van der Waals surface area (Å²) in [4.78, 5) is 21.4. The predicted octanol–water partition coefficient (Wildman–Crippen LogP) is 3.19. The minimum Gasteiger partial charge on any atom is -0.368 e. The van der Waals surface area contributed by atoms with Crippen LogP contribution in [0.4, 0.5) is 5.69 Å². The Balaban J connectivity index is 1.51. The third-order valence-corrected chi connectivity index (χ3v) is 4.92. The van der Waals surface area contributed by atoms with Crippen molar-refractivity contribution in [2.45, 2.75) is 6.92 Å². The fourth-order valence-electron chi connectivity index (χ4n) is 3.33. The van der Waals surface area contributed by atoms with Gasteiger partial charge >= 0.3 is 0 Å². The number of benzene rings is 1. The molecule has 1 aliphatic heterocycles. The van der Waals surface area contributed by atoms with Crippen LogP contribution in [0.25, 0.3) is 5.69 Å². The summed E-state index contributed by atoms with van der Waals surface area (Å²) < 4.78 is 1.67. The second kappa shape index (κ2) is 7.40. The Morgan fingerprint density at radius 2 is 1.81 bits per heavy atom. The maximum absolute atomic E-state index is 13.1. The Labute approximate surface area is 163 Å². The third kappa shape index (κ3) is 3.66. The maximum atomic E-state index is 13.1. The number of carbonyl (C=O) groups excluding carboxylic acids is 1. The molecule has 0 spiro atoms. The second-order valence-electron chi connectivity index (χ2n) is 6.55. The maximum Gasteiger partial charge on any atom is 0.272 e. The van der Waals surface area contributed by atoms with Crippen LogP contribution in [0, 0.1) is 6.92 Å². The Kier molecular flexibility index (Phi) is 4.81. The first kappa shape index (κ1) is 17.5. The molecule has 2 aromatic heterocycles.